The maximum Gasteiger partial charge on any atom is 0.410 e. The van der Waals surface area contributed by atoms with Crippen molar-refractivity contribution in [1.82, 2.24) is 14.5 Å². The molecular formula is C21H21N3O3. The topological polar surface area (TPSA) is 67.3 Å². The second-order valence-corrected chi connectivity index (χ2v) is 6.69. The Morgan fingerprint density at radius 2 is 2.04 bits per heavy atom. The lowest BCUT2D eigenvalue weighted by atomic mass is 9.98. The predicted octanol–water partition coefficient (Wildman–Crippen LogP) is 3.29. The molecule has 4 rings (SSSR count). The van der Waals surface area contributed by atoms with Crippen molar-refractivity contribution in [1.29, 1.82) is 0 Å². The number of rotatable bonds is 3. The molecular weight excluding hydrogens is 342 g/mol. The molecule has 138 valence electrons. The molecule has 0 radical (unpaired) electrons. The van der Waals surface area contributed by atoms with Crippen LogP contribution in [0.3, 0.4) is 0 Å². The highest BCUT2D eigenvalue weighted by Gasteiger charge is 2.21. The summed E-state index contributed by atoms with van der Waals surface area (Å²) in [4.78, 5) is 29.2. The summed E-state index contributed by atoms with van der Waals surface area (Å²) in [6.07, 6.45) is 6.11. The molecule has 0 fully saturated rings. The molecule has 6 heteroatoms. The minimum Gasteiger partial charge on any atom is -0.445 e. The fraction of sp³-hybridized carbons (Fsp3) is 0.238. The summed E-state index contributed by atoms with van der Waals surface area (Å²) >= 11 is 0. The summed E-state index contributed by atoms with van der Waals surface area (Å²) in [6.45, 7) is 1.36. The van der Waals surface area contributed by atoms with E-state index in [2.05, 4.69) is 4.98 Å². The molecule has 1 aromatic carbocycles. The third kappa shape index (κ3) is 3.38. The van der Waals surface area contributed by atoms with Crippen molar-refractivity contribution in [2.75, 3.05) is 13.1 Å². The zero-order valence-corrected chi connectivity index (χ0v) is 15.1. The SMILES string of the molecule is Cn1cc(C2=CCN(C(=O)OCc3ccccc3)CC2)c2cc[nH]c2c1=O. The first-order valence-corrected chi connectivity index (χ1v) is 8.95. The fourth-order valence-electron chi connectivity index (χ4n) is 3.42. The molecule has 0 spiro atoms. The first kappa shape index (κ1) is 17.1. The van der Waals surface area contributed by atoms with Crippen molar-refractivity contribution in [2.24, 2.45) is 7.05 Å². The van der Waals surface area contributed by atoms with Crippen LogP contribution in [0.1, 0.15) is 17.5 Å². The first-order chi connectivity index (χ1) is 13.1. The molecule has 0 unspecified atom stereocenters. The molecule has 1 N–H and O–H groups in total. The number of ether oxygens (including phenoxy) is 1. The largest absolute Gasteiger partial charge is 0.445 e. The Morgan fingerprint density at radius 1 is 1.22 bits per heavy atom. The molecule has 3 heterocycles. The van der Waals surface area contributed by atoms with E-state index < -0.39 is 0 Å². The number of nitrogens with one attached hydrogen (secondary N) is 1. The number of aromatic amines is 1. The number of pyridine rings is 1. The number of fused-ring (bicyclic) bond motifs is 1. The molecule has 27 heavy (non-hydrogen) atoms. The lowest BCUT2D eigenvalue weighted by Gasteiger charge is -2.26. The minimum atomic E-state index is -0.304. The van der Waals surface area contributed by atoms with E-state index in [1.807, 2.05) is 48.7 Å². The quantitative estimate of drug-likeness (QED) is 0.776. The van der Waals surface area contributed by atoms with Crippen LogP contribution in [-0.2, 0) is 18.4 Å². The molecule has 1 amide bonds. The lowest BCUT2D eigenvalue weighted by Crippen LogP contribution is -2.35. The maximum atomic E-state index is 12.3. The van der Waals surface area contributed by atoms with E-state index in [1.54, 1.807) is 22.7 Å². The number of hydrogen-bond acceptors (Lipinski definition) is 3. The standard InChI is InChI=1S/C21H21N3O3/c1-23-13-18(17-7-10-22-19(17)20(23)25)16-8-11-24(12-9-16)21(26)27-14-15-5-3-2-4-6-15/h2-8,10,13,22H,9,11-12,14H2,1H3. The van der Waals surface area contributed by atoms with Crippen LogP contribution in [0.25, 0.3) is 16.5 Å². The molecule has 2 aromatic heterocycles. The van der Waals surface area contributed by atoms with Crippen LogP contribution in [0.15, 0.2) is 59.7 Å². The van der Waals surface area contributed by atoms with Crippen LogP contribution in [0.5, 0.6) is 0 Å². The molecule has 0 aliphatic carbocycles. The molecule has 1 aliphatic rings. The van der Waals surface area contributed by atoms with Crippen LogP contribution in [0.4, 0.5) is 4.79 Å². The molecule has 0 saturated heterocycles. The number of carbonyl (C=O) groups excluding carboxylic acids is 1. The van der Waals surface area contributed by atoms with Gasteiger partial charge in [-0.15, -0.1) is 0 Å². The van der Waals surface area contributed by atoms with Gasteiger partial charge in [-0.2, -0.15) is 0 Å². The minimum absolute atomic E-state index is 0.0405. The number of H-pyrrole nitrogens is 1. The van der Waals surface area contributed by atoms with Gasteiger partial charge >= 0.3 is 6.09 Å². The van der Waals surface area contributed by atoms with Crippen molar-refractivity contribution >= 4 is 22.6 Å². The van der Waals surface area contributed by atoms with Gasteiger partial charge in [-0.1, -0.05) is 36.4 Å². The van der Waals surface area contributed by atoms with Crippen molar-refractivity contribution < 1.29 is 9.53 Å². The lowest BCUT2D eigenvalue weighted by molar-refractivity contribution is 0.0998. The Morgan fingerprint density at radius 3 is 2.78 bits per heavy atom. The Kier molecular flexibility index (Phi) is 4.54. The number of nitrogens with zero attached hydrogens (tertiary/aromatic N) is 2. The molecule has 0 saturated carbocycles. The monoisotopic (exact) mass is 363 g/mol. The van der Waals surface area contributed by atoms with E-state index in [0.29, 0.717) is 18.6 Å². The van der Waals surface area contributed by atoms with E-state index in [4.69, 9.17) is 4.74 Å². The predicted molar refractivity (Wildman–Crippen MR) is 104 cm³/mol. The van der Waals surface area contributed by atoms with E-state index in [-0.39, 0.29) is 18.3 Å². The Balaban J connectivity index is 1.47. The zero-order chi connectivity index (χ0) is 18.8. The van der Waals surface area contributed by atoms with Gasteiger partial charge in [-0.3, -0.25) is 4.79 Å². The third-order valence-electron chi connectivity index (χ3n) is 4.91. The van der Waals surface area contributed by atoms with E-state index in [1.165, 1.54) is 0 Å². The molecule has 0 atom stereocenters. The van der Waals surface area contributed by atoms with Crippen LogP contribution in [0.2, 0.25) is 0 Å². The molecule has 3 aromatic rings. The van der Waals surface area contributed by atoms with Crippen LogP contribution in [0, 0.1) is 0 Å². The summed E-state index contributed by atoms with van der Waals surface area (Å²) < 4.78 is 7.00. The van der Waals surface area contributed by atoms with Gasteiger partial charge in [-0.05, 0) is 23.6 Å². The van der Waals surface area contributed by atoms with Crippen molar-refractivity contribution in [3.05, 3.63) is 76.3 Å². The van der Waals surface area contributed by atoms with E-state index in [9.17, 15) is 9.59 Å². The smallest absolute Gasteiger partial charge is 0.410 e. The second kappa shape index (κ2) is 7.15. The van der Waals surface area contributed by atoms with Gasteiger partial charge in [0, 0.05) is 43.5 Å². The van der Waals surface area contributed by atoms with Crippen molar-refractivity contribution in [2.45, 2.75) is 13.0 Å². The summed E-state index contributed by atoms with van der Waals surface area (Å²) in [5.41, 5.74) is 3.72. The number of aryl methyl sites for hydroxylation is 1. The van der Waals surface area contributed by atoms with Crippen LogP contribution >= 0.6 is 0 Å². The van der Waals surface area contributed by atoms with E-state index >= 15 is 0 Å². The van der Waals surface area contributed by atoms with Gasteiger partial charge in [0.1, 0.15) is 12.1 Å². The van der Waals surface area contributed by atoms with E-state index in [0.717, 1.165) is 28.5 Å². The molecule has 1 aliphatic heterocycles. The fourth-order valence-corrected chi connectivity index (χ4v) is 3.42. The normalized spacial score (nSPS) is 14.3. The summed E-state index contributed by atoms with van der Waals surface area (Å²) in [5, 5.41) is 0.921. The number of carbonyl (C=O) groups is 1. The number of amides is 1. The van der Waals surface area contributed by atoms with Gasteiger partial charge in [0.25, 0.3) is 5.56 Å². The summed E-state index contributed by atoms with van der Waals surface area (Å²) in [6, 6.07) is 11.6. The first-order valence-electron chi connectivity index (χ1n) is 8.95. The van der Waals surface area contributed by atoms with Gasteiger partial charge in [0.2, 0.25) is 0 Å². The average Bonchev–Trinajstić information content (AvgIpc) is 3.20. The Bertz CT molecular complexity index is 1060. The van der Waals surface area contributed by atoms with Gasteiger partial charge in [0.15, 0.2) is 0 Å². The second-order valence-electron chi connectivity index (χ2n) is 6.69. The molecule has 6 nitrogen and oxygen atoms in total. The highest BCUT2D eigenvalue weighted by Crippen LogP contribution is 2.27. The van der Waals surface area contributed by atoms with Crippen LogP contribution in [-0.4, -0.2) is 33.6 Å². The number of benzene rings is 1. The average molecular weight is 363 g/mol. The maximum absolute atomic E-state index is 12.3. The van der Waals surface area contributed by atoms with Crippen molar-refractivity contribution in [3.63, 3.8) is 0 Å². The van der Waals surface area contributed by atoms with Crippen LogP contribution < -0.4 is 5.56 Å². The number of hydrogen-bond donors (Lipinski definition) is 1. The summed E-state index contributed by atoms with van der Waals surface area (Å²) in [7, 11) is 1.75. The summed E-state index contributed by atoms with van der Waals surface area (Å²) in [5.74, 6) is 0. The number of aromatic nitrogens is 2. The third-order valence-corrected chi connectivity index (χ3v) is 4.91. The van der Waals surface area contributed by atoms with Crippen molar-refractivity contribution in [3.8, 4) is 0 Å². The Labute approximate surface area is 156 Å². The van der Waals surface area contributed by atoms with Gasteiger partial charge in [-0.25, -0.2) is 4.79 Å². The Hall–Kier alpha value is -3.28. The molecule has 0 bridgehead atoms. The van der Waals surface area contributed by atoms with Gasteiger partial charge in [0.05, 0.1) is 0 Å². The highest BCUT2D eigenvalue weighted by atomic mass is 16.6. The van der Waals surface area contributed by atoms with Gasteiger partial charge < -0.3 is 19.2 Å². The zero-order valence-electron chi connectivity index (χ0n) is 15.1. The highest BCUT2D eigenvalue weighted by molar-refractivity contribution is 5.91.